The van der Waals surface area contributed by atoms with Crippen LogP contribution in [0, 0.1) is 62.3 Å². The van der Waals surface area contributed by atoms with Crippen molar-refractivity contribution in [2.75, 3.05) is 11.9 Å². The summed E-state index contributed by atoms with van der Waals surface area (Å²) in [4.78, 5) is 32.9. The Hall–Kier alpha value is -7.09. The molecule has 1 fully saturated rings. The van der Waals surface area contributed by atoms with Crippen LogP contribution in [-0.4, -0.2) is 38.4 Å². The molecule has 0 radical (unpaired) electrons. The Labute approximate surface area is 381 Å². The van der Waals surface area contributed by atoms with E-state index in [9.17, 15) is 4.79 Å². The van der Waals surface area contributed by atoms with Gasteiger partial charge < -0.3 is 20.6 Å². The van der Waals surface area contributed by atoms with Crippen molar-refractivity contribution in [1.29, 1.82) is 0 Å². The van der Waals surface area contributed by atoms with Crippen LogP contribution in [0.2, 0.25) is 0 Å². The molecule has 3 aliphatic heterocycles. The molecule has 1 atom stereocenters. The Morgan fingerprint density at radius 3 is 1.25 bits per heavy atom. The fourth-order valence-corrected chi connectivity index (χ4v) is 10.9. The molecule has 0 saturated carbocycles. The van der Waals surface area contributed by atoms with Gasteiger partial charge in [-0.15, -0.1) is 0 Å². The number of rotatable bonds is 6. The van der Waals surface area contributed by atoms with Crippen molar-refractivity contribution >= 4 is 58.0 Å². The number of H-pyrrole nitrogens is 2. The molecule has 0 unspecified atom stereocenters. The zero-order chi connectivity index (χ0) is 45.3. The number of benzene rings is 4. The summed E-state index contributed by atoms with van der Waals surface area (Å²) >= 11 is 0. The van der Waals surface area contributed by atoms with Gasteiger partial charge in [0.15, 0.2) is 0 Å². The summed E-state index contributed by atoms with van der Waals surface area (Å²) in [6, 6.07) is 30.2. The predicted octanol–water partition coefficient (Wildman–Crippen LogP) is 13.8. The number of hydrogen-bond acceptors (Lipinski definition) is 4. The summed E-state index contributed by atoms with van der Waals surface area (Å²) in [5.74, 6) is -0.0261. The number of carbonyl (C=O) groups excluding carboxylic acids is 1. The van der Waals surface area contributed by atoms with Gasteiger partial charge in [0.25, 0.3) is 0 Å². The summed E-state index contributed by atoms with van der Waals surface area (Å²) < 4.78 is 0. The SMILES string of the molecule is Cc1cc(C)c(-c2c3nc(c(-c4c(C)cc(C)cc4C)c4ccc([nH]4)c(-c4c(C)cc(C)cc4C)c4nc(c(-c5ccccc5NC(=O)[C@@H]5CCCN5)c5ccc2[nH]5)C=C4)C=C3)c(C)c1. The average molecular weight is 853 g/mol. The van der Waals surface area contributed by atoms with Gasteiger partial charge in [-0.05, 0) is 186 Å². The zero-order valence-corrected chi connectivity index (χ0v) is 38.9. The number of para-hydroxylation sites is 1. The fraction of sp³-hybridized carbons (Fsp3) is 0.224. The number of anilines is 1. The Morgan fingerprint density at radius 2 is 0.862 bits per heavy atom. The van der Waals surface area contributed by atoms with Crippen LogP contribution in [0.15, 0.2) is 84.9 Å². The van der Waals surface area contributed by atoms with Crippen LogP contribution in [0.25, 0.3) is 90.9 Å². The lowest BCUT2D eigenvalue weighted by atomic mass is 9.92. The summed E-state index contributed by atoms with van der Waals surface area (Å²) in [5.41, 5.74) is 27.1. The van der Waals surface area contributed by atoms with Crippen LogP contribution < -0.4 is 10.6 Å². The molecular formula is C58H56N6O. The Balaban J connectivity index is 1.39. The molecule has 3 aromatic heterocycles. The van der Waals surface area contributed by atoms with Gasteiger partial charge in [-0.1, -0.05) is 71.3 Å². The van der Waals surface area contributed by atoms with Crippen molar-refractivity contribution in [3.05, 3.63) is 158 Å². The maximum absolute atomic E-state index is 13.8. The summed E-state index contributed by atoms with van der Waals surface area (Å²) in [6.07, 6.45) is 10.4. The van der Waals surface area contributed by atoms with Crippen LogP contribution in [0.5, 0.6) is 0 Å². The van der Waals surface area contributed by atoms with E-state index in [1.54, 1.807) is 0 Å². The van der Waals surface area contributed by atoms with Crippen molar-refractivity contribution in [2.45, 2.75) is 81.2 Å². The molecule has 0 spiro atoms. The van der Waals surface area contributed by atoms with Gasteiger partial charge in [0.05, 0.1) is 28.8 Å². The van der Waals surface area contributed by atoms with E-state index in [0.29, 0.717) is 0 Å². The van der Waals surface area contributed by atoms with Crippen molar-refractivity contribution in [2.24, 2.45) is 0 Å². The minimum absolute atomic E-state index is 0.0261. The molecular weight excluding hydrogens is 797 g/mol. The largest absolute Gasteiger partial charge is 0.354 e. The first-order valence-corrected chi connectivity index (χ1v) is 22.9. The summed E-state index contributed by atoms with van der Waals surface area (Å²) in [5, 5.41) is 6.69. The first-order chi connectivity index (χ1) is 31.3. The van der Waals surface area contributed by atoms with Crippen LogP contribution in [0.3, 0.4) is 0 Å². The van der Waals surface area contributed by atoms with Crippen molar-refractivity contribution in [3.8, 4) is 44.5 Å². The standard InChI is InChI=1S/C58H56N6O/c1-31-25-34(4)51(35(5)26-31)55-44-18-16-42(60-44)54(40-13-10-11-14-41(40)64-58(65)50-15-12-24-59-50)43-17-19-45(61-43)56(52-36(6)27-32(2)28-37(52)7)47-21-23-49(63-47)57(48-22-20-46(55)62-48)53-38(8)29-33(3)30-39(53)9/h10-11,13-14,16-23,25-30,50,59-60,63H,12,15,24H2,1-9H3,(H,64,65)/t50-/m0/s1. The third-order valence-electron chi connectivity index (χ3n) is 13.4. The minimum Gasteiger partial charge on any atom is -0.354 e. The van der Waals surface area contributed by atoms with Gasteiger partial charge in [0.1, 0.15) is 0 Å². The smallest absolute Gasteiger partial charge is 0.241 e. The van der Waals surface area contributed by atoms with E-state index in [2.05, 4.69) is 174 Å². The van der Waals surface area contributed by atoms with Crippen molar-refractivity contribution in [3.63, 3.8) is 0 Å². The molecule has 7 nitrogen and oxygen atoms in total. The molecule has 6 heterocycles. The molecule has 0 aliphatic carbocycles. The molecule has 7 aromatic rings. The highest BCUT2D eigenvalue weighted by atomic mass is 16.2. The van der Waals surface area contributed by atoms with Gasteiger partial charge >= 0.3 is 0 Å². The van der Waals surface area contributed by atoms with Crippen LogP contribution in [0.4, 0.5) is 5.69 Å². The van der Waals surface area contributed by atoms with Crippen LogP contribution in [0.1, 0.15) is 85.7 Å². The number of amides is 1. The first kappa shape index (κ1) is 41.9. The summed E-state index contributed by atoms with van der Waals surface area (Å²) in [7, 11) is 0. The maximum atomic E-state index is 13.8. The van der Waals surface area contributed by atoms with Gasteiger partial charge in [-0.3, -0.25) is 4.79 Å². The van der Waals surface area contributed by atoms with E-state index < -0.39 is 0 Å². The number of aryl methyl sites for hydroxylation is 9. The number of fused-ring (bicyclic) bond motifs is 8. The number of aromatic amines is 2. The molecule has 324 valence electrons. The van der Waals surface area contributed by atoms with Crippen LogP contribution in [-0.2, 0) is 4.79 Å². The first-order valence-electron chi connectivity index (χ1n) is 22.9. The molecule has 8 bridgehead atoms. The van der Waals surface area contributed by atoms with E-state index in [1.165, 1.54) is 55.6 Å². The van der Waals surface area contributed by atoms with E-state index in [-0.39, 0.29) is 11.9 Å². The van der Waals surface area contributed by atoms with Crippen molar-refractivity contribution < 1.29 is 4.79 Å². The number of nitrogens with one attached hydrogen (secondary N) is 4. The Morgan fingerprint density at radius 1 is 0.492 bits per heavy atom. The fourth-order valence-electron chi connectivity index (χ4n) is 10.9. The van der Waals surface area contributed by atoms with Gasteiger partial charge in [-0.2, -0.15) is 0 Å². The van der Waals surface area contributed by atoms with Crippen LogP contribution >= 0.6 is 0 Å². The average Bonchev–Trinajstić information content (AvgIpc) is 4.11. The molecule has 4 aromatic carbocycles. The summed E-state index contributed by atoms with van der Waals surface area (Å²) in [6.45, 7) is 20.5. The molecule has 10 rings (SSSR count). The molecule has 3 aliphatic rings. The molecule has 65 heavy (non-hydrogen) atoms. The minimum atomic E-state index is -0.230. The van der Waals surface area contributed by atoms with E-state index in [1.807, 2.05) is 18.2 Å². The lowest BCUT2D eigenvalue weighted by molar-refractivity contribution is -0.117. The molecule has 1 saturated heterocycles. The lowest BCUT2D eigenvalue weighted by Crippen LogP contribution is -2.35. The van der Waals surface area contributed by atoms with Gasteiger partial charge in [-0.25, -0.2) is 9.97 Å². The quantitative estimate of drug-likeness (QED) is 0.134. The molecule has 4 N–H and O–H groups in total. The van der Waals surface area contributed by atoms with Gasteiger partial charge in [0, 0.05) is 55.6 Å². The molecule has 7 heteroatoms. The second-order valence-corrected chi connectivity index (χ2v) is 18.5. The second kappa shape index (κ2) is 16.5. The topological polar surface area (TPSA) is 98.5 Å². The molecule has 1 amide bonds. The van der Waals surface area contributed by atoms with Crippen molar-refractivity contribution in [1.82, 2.24) is 25.3 Å². The normalized spacial score (nSPS) is 14.4. The predicted molar refractivity (Wildman–Crippen MR) is 273 cm³/mol. The number of hydrogen-bond donors (Lipinski definition) is 4. The maximum Gasteiger partial charge on any atom is 0.241 e. The van der Waals surface area contributed by atoms with E-state index >= 15 is 0 Å². The van der Waals surface area contributed by atoms with E-state index in [0.717, 1.165) is 109 Å². The second-order valence-electron chi connectivity index (χ2n) is 18.5. The Kier molecular flexibility index (Phi) is 10.6. The van der Waals surface area contributed by atoms with E-state index in [4.69, 9.17) is 9.97 Å². The lowest BCUT2D eigenvalue weighted by Gasteiger charge is -2.16. The number of nitrogens with zero attached hydrogens (tertiary/aromatic N) is 2. The zero-order valence-electron chi connectivity index (χ0n) is 38.9. The van der Waals surface area contributed by atoms with Gasteiger partial charge in [0.2, 0.25) is 5.91 Å². The number of carbonyl (C=O) groups is 1. The Bertz CT molecular complexity index is 3240. The highest BCUT2D eigenvalue weighted by Crippen LogP contribution is 2.43. The highest BCUT2D eigenvalue weighted by Gasteiger charge is 2.26. The third kappa shape index (κ3) is 7.53. The third-order valence-corrected chi connectivity index (χ3v) is 13.4. The highest BCUT2D eigenvalue weighted by molar-refractivity contribution is 6.05. The monoisotopic (exact) mass is 852 g/mol. The number of aromatic nitrogens is 4.